The molecule has 5 aromatic rings. The molecule has 0 fully saturated rings. The summed E-state index contributed by atoms with van der Waals surface area (Å²) in [4.78, 5) is 20.3. The Morgan fingerprint density at radius 1 is 1.00 bits per heavy atom. The molecule has 0 spiro atoms. The van der Waals surface area contributed by atoms with Crippen LogP contribution in [0.25, 0.3) is 22.2 Å². The van der Waals surface area contributed by atoms with Crippen LogP contribution in [0.3, 0.4) is 0 Å². The van der Waals surface area contributed by atoms with Gasteiger partial charge in [0, 0.05) is 43.0 Å². The van der Waals surface area contributed by atoms with Crippen LogP contribution in [-0.2, 0) is 25.9 Å². The summed E-state index contributed by atoms with van der Waals surface area (Å²) in [6, 6.07) is 22.0. The number of aryl methyl sites for hydroxylation is 2. The molecule has 0 aliphatic heterocycles. The van der Waals surface area contributed by atoms with Gasteiger partial charge in [0.2, 0.25) is 5.95 Å². The zero-order valence-electron chi connectivity index (χ0n) is 18.8. The third-order valence-corrected chi connectivity index (χ3v) is 5.95. The van der Waals surface area contributed by atoms with E-state index in [2.05, 4.69) is 51.7 Å². The number of nitrogens with zero attached hydrogens (tertiary/aromatic N) is 2. The number of rotatable bonds is 9. The van der Waals surface area contributed by atoms with Gasteiger partial charge in [-0.1, -0.05) is 24.3 Å². The van der Waals surface area contributed by atoms with E-state index in [1.165, 1.54) is 15.5 Å². The maximum atomic E-state index is 12.7. The van der Waals surface area contributed by atoms with Crippen molar-refractivity contribution in [3.63, 3.8) is 0 Å². The average Bonchev–Trinajstić information content (AvgIpc) is 3.54. The van der Waals surface area contributed by atoms with Crippen molar-refractivity contribution in [2.24, 2.45) is 0 Å². The van der Waals surface area contributed by atoms with Gasteiger partial charge in [-0.15, -0.1) is 0 Å². The lowest BCUT2D eigenvalue weighted by atomic mass is 10.0. The number of H-pyrrole nitrogens is 1. The van der Waals surface area contributed by atoms with Crippen molar-refractivity contribution in [2.75, 3.05) is 12.3 Å². The predicted molar refractivity (Wildman–Crippen MR) is 134 cm³/mol. The van der Waals surface area contributed by atoms with Gasteiger partial charge in [-0.2, -0.15) is 0 Å². The Kier molecular flexibility index (Phi) is 6.27. The standard InChI is InChI=1S/C27H27N5O2/c28-27-31-23(8-6-19-3-1-4-22(15-19)25-5-2-14-34-25)17-26(33)32(27)13-12-29-18-20-7-9-24-21(16-20)10-11-30-24/h1-5,7,9-11,14-17,29-30H,6,8,12-13,18H2,(H2,28,31). The fraction of sp³-hybridized carbons (Fsp3) is 0.185. The molecular formula is C27H27N5O2. The summed E-state index contributed by atoms with van der Waals surface area (Å²) in [6.45, 7) is 1.81. The molecule has 0 saturated carbocycles. The summed E-state index contributed by atoms with van der Waals surface area (Å²) < 4.78 is 7.00. The summed E-state index contributed by atoms with van der Waals surface area (Å²) in [7, 11) is 0. The second kappa shape index (κ2) is 9.80. The van der Waals surface area contributed by atoms with Crippen molar-refractivity contribution in [1.29, 1.82) is 0 Å². The van der Waals surface area contributed by atoms with Gasteiger partial charge < -0.3 is 20.5 Å². The third kappa shape index (κ3) is 4.94. The van der Waals surface area contributed by atoms with Crippen LogP contribution in [-0.4, -0.2) is 21.1 Å². The molecule has 0 amide bonds. The summed E-state index contributed by atoms with van der Waals surface area (Å²) >= 11 is 0. The van der Waals surface area contributed by atoms with Crippen LogP contribution in [0.15, 0.2) is 88.4 Å². The van der Waals surface area contributed by atoms with E-state index in [1.54, 1.807) is 12.3 Å². The van der Waals surface area contributed by atoms with Crippen LogP contribution >= 0.6 is 0 Å². The highest BCUT2D eigenvalue weighted by molar-refractivity contribution is 5.79. The van der Waals surface area contributed by atoms with Gasteiger partial charge >= 0.3 is 0 Å². The predicted octanol–water partition coefficient (Wildman–Crippen LogP) is 4.14. The Morgan fingerprint density at radius 3 is 2.79 bits per heavy atom. The molecular weight excluding hydrogens is 426 g/mol. The first kappa shape index (κ1) is 21.7. The molecule has 2 aromatic carbocycles. The van der Waals surface area contributed by atoms with Crippen LogP contribution in [0.5, 0.6) is 0 Å². The van der Waals surface area contributed by atoms with E-state index in [1.807, 2.05) is 30.5 Å². The number of anilines is 1. The highest BCUT2D eigenvalue weighted by atomic mass is 16.3. The van der Waals surface area contributed by atoms with E-state index in [4.69, 9.17) is 10.2 Å². The molecule has 0 radical (unpaired) electrons. The summed E-state index contributed by atoms with van der Waals surface area (Å²) in [5.74, 6) is 1.09. The minimum Gasteiger partial charge on any atom is -0.464 e. The van der Waals surface area contributed by atoms with Crippen molar-refractivity contribution in [1.82, 2.24) is 19.9 Å². The maximum Gasteiger partial charge on any atom is 0.255 e. The number of benzene rings is 2. The fourth-order valence-electron chi connectivity index (χ4n) is 4.16. The number of aromatic amines is 1. The molecule has 0 bridgehead atoms. The van der Waals surface area contributed by atoms with Gasteiger partial charge in [-0.05, 0) is 65.8 Å². The number of nitrogens with one attached hydrogen (secondary N) is 2. The maximum absolute atomic E-state index is 12.7. The van der Waals surface area contributed by atoms with Gasteiger partial charge in [0.15, 0.2) is 0 Å². The Labute approximate surface area is 197 Å². The van der Waals surface area contributed by atoms with Crippen molar-refractivity contribution < 1.29 is 4.42 Å². The molecule has 4 N–H and O–H groups in total. The Balaban J connectivity index is 1.16. The summed E-state index contributed by atoms with van der Waals surface area (Å²) in [5, 5.41) is 4.57. The molecule has 7 nitrogen and oxygen atoms in total. The number of fused-ring (bicyclic) bond motifs is 1. The summed E-state index contributed by atoms with van der Waals surface area (Å²) in [5.41, 5.74) is 11.2. The SMILES string of the molecule is Nc1nc(CCc2cccc(-c3ccco3)c2)cc(=O)n1CCNCc1ccc2[nH]ccc2c1. The third-order valence-electron chi connectivity index (χ3n) is 5.95. The second-order valence-corrected chi connectivity index (χ2v) is 8.35. The van der Waals surface area contributed by atoms with Gasteiger partial charge in [0.05, 0.1) is 12.0 Å². The fourth-order valence-corrected chi connectivity index (χ4v) is 4.16. The zero-order valence-corrected chi connectivity index (χ0v) is 18.8. The minimum absolute atomic E-state index is 0.123. The molecule has 172 valence electrons. The first-order chi connectivity index (χ1) is 16.7. The van der Waals surface area contributed by atoms with Gasteiger partial charge in [-0.25, -0.2) is 4.98 Å². The van der Waals surface area contributed by atoms with Crippen molar-refractivity contribution in [2.45, 2.75) is 25.9 Å². The van der Waals surface area contributed by atoms with Crippen molar-refractivity contribution >= 4 is 16.9 Å². The minimum atomic E-state index is -0.123. The normalized spacial score (nSPS) is 11.3. The number of furan rings is 1. The summed E-state index contributed by atoms with van der Waals surface area (Å²) in [6.07, 6.45) is 5.01. The van der Waals surface area contributed by atoms with Crippen molar-refractivity contribution in [3.8, 4) is 11.3 Å². The van der Waals surface area contributed by atoms with Gasteiger partial charge in [0.25, 0.3) is 5.56 Å². The molecule has 7 heteroatoms. The first-order valence-corrected chi connectivity index (χ1v) is 11.4. The largest absolute Gasteiger partial charge is 0.464 e. The Bertz CT molecular complexity index is 1450. The van der Waals surface area contributed by atoms with Crippen LogP contribution in [0.4, 0.5) is 5.95 Å². The molecule has 3 aromatic heterocycles. The molecule has 0 unspecified atom stereocenters. The van der Waals surface area contributed by atoms with E-state index in [0.29, 0.717) is 25.2 Å². The highest BCUT2D eigenvalue weighted by Gasteiger charge is 2.08. The average molecular weight is 454 g/mol. The molecule has 5 rings (SSSR count). The van der Waals surface area contributed by atoms with Crippen LogP contribution in [0.2, 0.25) is 0 Å². The number of hydrogen-bond donors (Lipinski definition) is 3. The van der Waals surface area contributed by atoms with Gasteiger partial charge in [-0.3, -0.25) is 9.36 Å². The molecule has 0 atom stereocenters. The Hall–Kier alpha value is -4.10. The van der Waals surface area contributed by atoms with E-state index < -0.39 is 0 Å². The highest BCUT2D eigenvalue weighted by Crippen LogP contribution is 2.21. The monoisotopic (exact) mass is 453 g/mol. The Morgan fingerprint density at radius 2 is 1.94 bits per heavy atom. The number of hydrogen-bond acceptors (Lipinski definition) is 5. The molecule has 0 aliphatic carbocycles. The van der Waals surface area contributed by atoms with E-state index in [9.17, 15) is 4.79 Å². The lowest BCUT2D eigenvalue weighted by molar-refractivity contribution is 0.582. The van der Waals surface area contributed by atoms with Crippen molar-refractivity contribution in [3.05, 3.63) is 106 Å². The lowest BCUT2D eigenvalue weighted by Crippen LogP contribution is -2.29. The molecule has 34 heavy (non-hydrogen) atoms. The quantitative estimate of drug-likeness (QED) is 0.291. The first-order valence-electron chi connectivity index (χ1n) is 11.4. The van der Waals surface area contributed by atoms with E-state index >= 15 is 0 Å². The lowest BCUT2D eigenvalue weighted by Gasteiger charge is -2.11. The topological polar surface area (TPSA) is 102 Å². The number of nitrogen functional groups attached to an aromatic ring is 1. The molecule has 0 saturated heterocycles. The van der Waals surface area contributed by atoms with Crippen LogP contribution in [0, 0.1) is 0 Å². The van der Waals surface area contributed by atoms with E-state index in [-0.39, 0.29) is 11.5 Å². The zero-order chi connectivity index (χ0) is 23.3. The van der Waals surface area contributed by atoms with Crippen LogP contribution in [0.1, 0.15) is 16.8 Å². The number of nitrogens with two attached hydrogens (primary N) is 1. The molecule has 3 heterocycles. The second-order valence-electron chi connectivity index (χ2n) is 8.35. The number of aromatic nitrogens is 3. The molecule has 0 aliphatic rings. The van der Waals surface area contributed by atoms with Gasteiger partial charge in [0.1, 0.15) is 5.76 Å². The van der Waals surface area contributed by atoms with E-state index in [0.717, 1.165) is 35.4 Å². The smallest absolute Gasteiger partial charge is 0.255 e. The van der Waals surface area contributed by atoms with Crippen LogP contribution < -0.4 is 16.6 Å².